The maximum Gasteiger partial charge on any atom is 0.268 e. The molecule has 3 atom stereocenters. The van der Waals surface area contributed by atoms with Crippen molar-refractivity contribution in [1.82, 2.24) is 5.32 Å². The Balaban J connectivity index is 4.01. The van der Waals surface area contributed by atoms with Crippen LogP contribution in [0, 0.1) is 0 Å². The van der Waals surface area contributed by atoms with Gasteiger partial charge in [-0.3, -0.25) is 9.36 Å². The van der Waals surface area contributed by atoms with Crippen LogP contribution in [0.4, 0.5) is 0 Å². The van der Waals surface area contributed by atoms with Crippen LogP contribution in [0.5, 0.6) is 0 Å². The number of likely N-dealkylation sites (N-methyl/N-ethyl adjacent to an activating group) is 1. The summed E-state index contributed by atoms with van der Waals surface area (Å²) in [5, 5.41) is 14.1. The molecule has 0 saturated heterocycles. The maximum atomic E-state index is 13.0. The normalized spacial score (nSPS) is 13.6. The Labute approximate surface area is 470 Å². The lowest BCUT2D eigenvalue weighted by atomic mass is 10.0. The molecule has 0 aromatic rings. The molecule has 0 aromatic carbocycles. The molecule has 0 aromatic heterocycles. The van der Waals surface area contributed by atoms with Crippen molar-refractivity contribution in [2.24, 2.45) is 0 Å². The highest BCUT2D eigenvalue weighted by Gasteiger charge is 2.24. The highest BCUT2D eigenvalue weighted by Crippen LogP contribution is 2.38. The van der Waals surface area contributed by atoms with Gasteiger partial charge in [0.25, 0.3) is 7.82 Å². The van der Waals surface area contributed by atoms with Gasteiger partial charge in [-0.2, -0.15) is 0 Å². The van der Waals surface area contributed by atoms with Crippen molar-refractivity contribution >= 4 is 13.7 Å². The summed E-state index contributed by atoms with van der Waals surface area (Å²) in [5.74, 6) is -0.154. The van der Waals surface area contributed by atoms with E-state index in [2.05, 4.69) is 19.2 Å². The number of hydrogen-bond acceptors (Lipinski definition) is 6. The molecule has 9 heteroatoms. The van der Waals surface area contributed by atoms with Crippen molar-refractivity contribution in [3.63, 3.8) is 0 Å². The van der Waals surface area contributed by atoms with Gasteiger partial charge in [-0.05, 0) is 12.8 Å². The van der Waals surface area contributed by atoms with Gasteiger partial charge in [0.15, 0.2) is 0 Å². The molecule has 450 valence electrons. The van der Waals surface area contributed by atoms with Crippen LogP contribution in [0.1, 0.15) is 367 Å². The Kier molecular flexibility index (Phi) is 57.8. The van der Waals surface area contributed by atoms with Gasteiger partial charge in [0.2, 0.25) is 5.91 Å². The van der Waals surface area contributed by atoms with Crippen molar-refractivity contribution in [2.45, 2.75) is 379 Å². The standard InChI is InChI=1S/C66H135N2O6P/c1-6-8-10-12-14-16-18-20-22-24-26-28-30-32-33-34-35-36-37-39-41-43-45-47-49-51-53-55-57-59-65(69)64(63-74-75(71,72)73-62-61-68(3,4)5)67-66(70)60-58-56-54-52-50-48-46-44-42-40-38-31-29-27-25-23-21-19-17-15-13-11-9-7-2/h64-65,69H,6-63H2,1-5H3,(H-,67,70,71,72). The van der Waals surface area contributed by atoms with Crippen LogP contribution < -0.4 is 10.2 Å². The van der Waals surface area contributed by atoms with Crippen LogP contribution in [-0.2, 0) is 18.4 Å². The van der Waals surface area contributed by atoms with E-state index in [1.807, 2.05) is 21.1 Å². The van der Waals surface area contributed by atoms with Gasteiger partial charge in [0.05, 0.1) is 39.9 Å². The molecule has 75 heavy (non-hydrogen) atoms. The molecule has 0 rings (SSSR count). The number of nitrogens with one attached hydrogen (secondary N) is 1. The van der Waals surface area contributed by atoms with E-state index in [1.165, 1.54) is 302 Å². The first-order chi connectivity index (χ1) is 36.5. The predicted octanol–water partition coefficient (Wildman–Crippen LogP) is 20.5. The van der Waals surface area contributed by atoms with Crippen LogP contribution in [0.2, 0.25) is 0 Å². The molecule has 0 fully saturated rings. The summed E-state index contributed by atoms with van der Waals surface area (Å²) in [5.41, 5.74) is 0. The number of nitrogens with zero attached hydrogens (tertiary/aromatic N) is 1. The van der Waals surface area contributed by atoms with E-state index in [-0.39, 0.29) is 19.1 Å². The van der Waals surface area contributed by atoms with E-state index < -0.39 is 20.0 Å². The van der Waals surface area contributed by atoms with Gasteiger partial charge in [0.1, 0.15) is 13.2 Å². The average Bonchev–Trinajstić information content (AvgIpc) is 3.37. The molecule has 3 unspecified atom stereocenters. The third-order valence-corrected chi connectivity index (χ3v) is 17.1. The molecular formula is C66H135N2O6P. The summed E-state index contributed by atoms with van der Waals surface area (Å²) in [7, 11) is 1.33. The van der Waals surface area contributed by atoms with Crippen molar-refractivity contribution in [2.75, 3.05) is 40.9 Å². The quantitative estimate of drug-likeness (QED) is 0.0357. The lowest BCUT2D eigenvalue weighted by molar-refractivity contribution is -0.870. The molecule has 0 spiro atoms. The van der Waals surface area contributed by atoms with Crippen LogP contribution in [0.3, 0.4) is 0 Å². The van der Waals surface area contributed by atoms with E-state index >= 15 is 0 Å². The predicted molar refractivity (Wildman–Crippen MR) is 326 cm³/mol. The Bertz CT molecular complexity index is 1180. The number of phosphoric ester groups is 1. The Morgan fingerprint density at radius 3 is 0.907 bits per heavy atom. The Morgan fingerprint density at radius 2 is 0.653 bits per heavy atom. The zero-order valence-electron chi connectivity index (χ0n) is 51.5. The summed E-state index contributed by atoms with van der Waals surface area (Å²) in [4.78, 5) is 25.6. The summed E-state index contributed by atoms with van der Waals surface area (Å²) >= 11 is 0. The third kappa shape index (κ3) is 61.0. The molecule has 0 aliphatic carbocycles. The number of unbranched alkanes of at least 4 members (excludes halogenated alkanes) is 51. The van der Waals surface area contributed by atoms with Gasteiger partial charge in [-0.1, -0.05) is 348 Å². The first-order valence-electron chi connectivity index (χ1n) is 33.9. The Hall–Kier alpha value is -0.500. The number of carbonyl (C=O) groups excluding carboxylic acids is 1. The molecule has 0 radical (unpaired) electrons. The second-order valence-electron chi connectivity index (χ2n) is 24.9. The van der Waals surface area contributed by atoms with Gasteiger partial charge < -0.3 is 28.8 Å². The van der Waals surface area contributed by atoms with E-state index in [9.17, 15) is 19.4 Å². The molecule has 0 heterocycles. The average molecular weight is 1080 g/mol. The number of phosphoric acid groups is 1. The largest absolute Gasteiger partial charge is 0.756 e. The molecule has 0 bridgehead atoms. The van der Waals surface area contributed by atoms with Gasteiger partial charge >= 0.3 is 0 Å². The van der Waals surface area contributed by atoms with Crippen LogP contribution >= 0.6 is 7.82 Å². The lowest BCUT2D eigenvalue weighted by Crippen LogP contribution is -2.46. The van der Waals surface area contributed by atoms with Gasteiger partial charge in [-0.15, -0.1) is 0 Å². The number of carbonyl (C=O) groups is 1. The van der Waals surface area contributed by atoms with E-state index in [4.69, 9.17) is 9.05 Å². The molecule has 0 aliphatic rings. The zero-order valence-corrected chi connectivity index (χ0v) is 52.4. The first kappa shape index (κ1) is 74.5. The van der Waals surface area contributed by atoms with E-state index in [0.29, 0.717) is 23.9 Å². The highest BCUT2D eigenvalue weighted by molar-refractivity contribution is 7.45. The fraction of sp³-hybridized carbons (Fsp3) is 0.985. The van der Waals surface area contributed by atoms with Crippen molar-refractivity contribution < 1.29 is 32.9 Å². The molecule has 0 saturated carbocycles. The summed E-state index contributed by atoms with van der Waals surface area (Å²) in [6, 6.07) is -0.796. The minimum Gasteiger partial charge on any atom is -0.756 e. The first-order valence-corrected chi connectivity index (χ1v) is 35.3. The second-order valence-corrected chi connectivity index (χ2v) is 26.3. The van der Waals surface area contributed by atoms with E-state index in [1.54, 1.807) is 0 Å². The number of hydrogen-bond donors (Lipinski definition) is 2. The molecule has 0 aliphatic heterocycles. The smallest absolute Gasteiger partial charge is 0.268 e. The summed E-state index contributed by atoms with van der Waals surface area (Å²) < 4.78 is 23.5. The fourth-order valence-electron chi connectivity index (χ4n) is 10.8. The number of quaternary nitrogens is 1. The number of rotatable bonds is 64. The van der Waals surface area contributed by atoms with Crippen molar-refractivity contribution in [3.05, 3.63) is 0 Å². The SMILES string of the molecule is CCCCCCCCCCCCCCCCCCCCCCCCCCCCCCCC(O)C(COP(=O)([O-])OCC[N+](C)(C)C)NC(=O)CCCCCCCCCCCCCCCCCCCCCCCCCC. The number of aliphatic hydroxyl groups is 1. The number of aliphatic hydroxyl groups excluding tert-OH is 1. The van der Waals surface area contributed by atoms with Crippen molar-refractivity contribution in [3.8, 4) is 0 Å². The Morgan fingerprint density at radius 1 is 0.413 bits per heavy atom. The molecule has 1 amide bonds. The number of amides is 1. The minimum absolute atomic E-state index is 0.0169. The van der Waals surface area contributed by atoms with Crippen LogP contribution in [-0.4, -0.2) is 68.5 Å². The summed E-state index contributed by atoms with van der Waals surface area (Å²) in [6.07, 6.45) is 71.7. The van der Waals surface area contributed by atoms with Crippen LogP contribution in [0.15, 0.2) is 0 Å². The molecule has 2 N–H and O–H groups in total. The van der Waals surface area contributed by atoms with Gasteiger partial charge in [-0.25, -0.2) is 0 Å². The van der Waals surface area contributed by atoms with E-state index in [0.717, 1.165) is 38.5 Å². The summed E-state index contributed by atoms with van der Waals surface area (Å²) in [6.45, 7) is 4.80. The highest BCUT2D eigenvalue weighted by atomic mass is 31.2. The minimum atomic E-state index is -4.57. The second kappa shape index (κ2) is 58.2. The van der Waals surface area contributed by atoms with Crippen molar-refractivity contribution in [1.29, 1.82) is 0 Å². The lowest BCUT2D eigenvalue weighted by Gasteiger charge is -2.30. The van der Waals surface area contributed by atoms with Gasteiger partial charge in [0, 0.05) is 6.42 Å². The third-order valence-electron chi connectivity index (χ3n) is 16.1. The monoisotopic (exact) mass is 1080 g/mol. The molecule has 8 nitrogen and oxygen atoms in total. The fourth-order valence-corrected chi connectivity index (χ4v) is 11.5. The maximum absolute atomic E-state index is 13.0. The van der Waals surface area contributed by atoms with Crippen LogP contribution in [0.25, 0.3) is 0 Å². The molecular weight excluding hydrogens is 948 g/mol. The zero-order chi connectivity index (χ0) is 54.9. The topological polar surface area (TPSA) is 108 Å².